The number of methoxy groups -OCH3 is 1. The molecule has 0 heterocycles. The Balaban J connectivity index is 3.94. The monoisotopic (exact) mass is 205 g/mol. The standard InChI is InChI=1S/C9H19NO2S/c1-5-13-6-8(9(11)12-4)10-7(2)3/h7-8,10H,5-6H2,1-4H3. The maximum Gasteiger partial charge on any atom is 0.323 e. The number of nitrogens with one attached hydrogen (secondary N) is 1. The lowest BCUT2D eigenvalue weighted by atomic mass is 10.3. The summed E-state index contributed by atoms with van der Waals surface area (Å²) in [5.41, 5.74) is 0. The SMILES string of the molecule is CCSCC(NC(C)C)C(=O)OC. The minimum atomic E-state index is -0.172. The number of thioether (sulfide) groups is 1. The Bertz CT molecular complexity index is 151. The molecule has 1 atom stereocenters. The fourth-order valence-electron chi connectivity index (χ4n) is 0.965. The summed E-state index contributed by atoms with van der Waals surface area (Å²) in [4.78, 5) is 11.3. The fraction of sp³-hybridized carbons (Fsp3) is 0.889. The van der Waals surface area contributed by atoms with Crippen LogP contribution in [0.2, 0.25) is 0 Å². The smallest absolute Gasteiger partial charge is 0.323 e. The molecule has 3 nitrogen and oxygen atoms in total. The molecule has 0 aromatic rings. The number of carbonyl (C=O) groups excluding carboxylic acids is 1. The Morgan fingerprint density at radius 1 is 1.54 bits per heavy atom. The van der Waals surface area contributed by atoms with Gasteiger partial charge in [0.2, 0.25) is 0 Å². The van der Waals surface area contributed by atoms with Crippen LogP contribution in [0, 0.1) is 0 Å². The highest BCUT2D eigenvalue weighted by atomic mass is 32.2. The van der Waals surface area contributed by atoms with Gasteiger partial charge in [0.25, 0.3) is 0 Å². The van der Waals surface area contributed by atoms with Crippen LogP contribution in [0.5, 0.6) is 0 Å². The minimum Gasteiger partial charge on any atom is -0.468 e. The Kier molecular flexibility index (Phi) is 7.09. The molecule has 0 aliphatic rings. The summed E-state index contributed by atoms with van der Waals surface area (Å²) in [6.45, 7) is 6.12. The van der Waals surface area contributed by atoms with Crippen LogP contribution < -0.4 is 5.32 Å². The molecule has 1 N–H and O–H groups in total. The van der Waals surface area contributed by atoms with Crippen molar-refractivity contribution in [1.29, 1.82) is 0 Å². The highest BCUT2D eigenvalue weighted by Gasteiger charge is 2.18. The van der Waals surface area contributed by atoms with Gasteiger partial charge in [0.05, 0.1) is 7.11 Å². The van der Waals surface area contributed by atoms with Gasteiger partial charge in [-0.05, 0) is 5.75 Å². The molecular formula is C9H19NO2S. The van der Waals surface area contributed by atoms with Crippen LogP contribution in [0.25, 0.3) is 0 Å². The summed E-state index contributed by atoms with van der Waals surface area (Å²) >= 11 is 1.74. The van der Waals surface area contributed by atoms with E-state index in [2.05, 4.69) is 12.2 Å². The lowest BCUT2D eigenvalue weighted by Crippen LogP contribution is -2.43. The summed E-state index contributed by atoms with van der Waals surface area (Å²) in [6, 6.07) is 0.136. The quantitative estimate of drug-likeness (QED) is 0.663. The fourth-order valence-corrected chi connectivity index (χ4v) is 1.67. The van der Waals surface area contributed by atoms with E-state index in [0.29, 0.717) is 6.04 Å². The van der Waals surface area contributed by atoms with Crippen molar-refractivity contribution in [1.82, 2.24) is 5.32 Å². The van der Waals surface area contributed by atoms with E-state index >= 15 is 0 Å². The maximum absolute atomic E-state index is 11.3. The van der Waals surface area contributed by atoms with Crippen molar-refractivity contribution in [3.8, 4) is 0 Å². The van der Waals surface area contributed by atoms with Gasteiger partial charge in [0.1, 0.15) is 6.04 Å². The van der Waals surface area contributed by atoms with E-state index in [1.807, 2.05) is 13.8 Å². The van der Waals surface area contributed by atoms with Gasteiger partial charge in [-0.2, -0.15) is 11.8 Å². The zero-order valence-electron chi connectivity index (χ0n) is 8.79. The number of esters is 1. The second-order valence-electron chi connectivity index (χ2n) is 3.06. The summed E-state index contributed by atoms with van der Waals surface area (Å²) in [5, 5.41) is 3.17. The average molecular weight is 205 g/mol. The molecular weight excluding hydrogens is 186 g/mol. The number of hydrogen-bond acceptors (Lipinski definition) is 4. The molecule has 0 aliphatic carbocycles. The van der Waals surface area contributed by atoms with Crippen molar-refractivity contribution in [3.63, 3.8) is 0 Å². The van der Waals surface area contributed by atoms with Gasteiger partial charge in [-0.1, -0.05) is 20.8 Å². The predicted molar refractivity (Wildman–Crippen MR) is 57.1 cm³/mol. The van der Waals surface area contributed by atoms with E-state index in [0.717, 1.165) is 11.5 Å². The topological polar surface area (TPSA) is 38.3 Å². The highest BCUT2D eigenvalue weighted by molar-refractivity contribution is 7.99. The second-order valence-corrected chi connectivity index (χ2v) is 4.38. The van der Waals surface area contributed by atoms with Crippen LogP contribution in [0.4, 0.5) is 0 Å². The Morgan fingerprint density at radius 2 is 2.15 bits per heavy atom. The first-order valence-corrected chi connectivity index (χ1v) is 5.68. The van der Waals surface area contributed by atoms with E-state index < -0.39 is 0 Å². The molecule has 78 valence electrons. The van der Waals surface area contributed by atoms with Crippen molar-refractivity contribution >= 4 is 17.7 Å². The molecule has 0 aromatic heterocycles. The molecule has 13 heavy (non-hydrogen) atoms. The molecule has 0 saturated carbocycles. The third-order valence-electron chi connectivity index (χ3n) is 1.51. The first kappa shape index (κ1) is 12.8. The van der Waals surface area contributed by atoms with Crippen molar-refractivity contribution in [2.45, 2.75) is 32.9 Å². The second kappa shape index (κ2) is 7.21. The number of rotatable bonds is 6. The zero-order valence-corrected chi connectivity index (χ0v) is 9.61. The third-order valence-corrected chi connectivity index (χ3v) is 2.49. The van der Waals surface area contributed by atoms with Gasteiger partial charge in [0.15, 0.2) is 0 Å². The van der Waals surface area contributed by atoms with Gasteiger partial charge in [-0.3, -0.25) is 4.79 Å². The number of hydrogen-bond donors (Lipinski definition) is 1. The first-order valence-electron chi connectivity index (χ1n) is 4.53. The maximum atomic E-state index is 11.3. The van der Waals surface area contributed by atoms with Crippen molar-refractivity contribution in [2.24, 2.45) is 0 Å². The summed E-state index contributed by atoms with van der Waals surface area (Å²) in [6.07, 6.45) is 0. The van der Waals surface area contributed by atoms with E-state index in [1.165, 1.54) is 7.11 Å². The molecule has 0 amide bonds. The number of carbonyl (C=O) groups is 1. The first-order chi connectivity index (χ1) is 6.11. The van der Waals surface area contributed by atoms with Crippen molar-refractivity contribution < 1.29 is 9.53 Å². The third kappa shape index (κ3) is 5.93. The molecule has 1 unspecified atom stereocenters. The molecule has 0 fully saturated rings. The lowest BCUT2D eigenvalue weighted by molar-refractivity contribution is -0.142. The Labute approximate surface area is 84.6 Å². The van der Waals surface area contributed by atoms with E-state index in [1.54, 1.807) is 11.8 Å². The van der Waals surface area contributed by atoms with E-state index in [9.17, 15) is 4.79 Å². The summed E-state index contributed by atoms with van der Waals surface area (Å²) in [7, 11) is 1.42. The predicted octanol–water partition coefficient (Wildman–Crippen LogP) is 1.28. The molecule has 0 bridgehead atoms. The molecule has 0 rings (SSSR count). The Morgan fingerprint density at radius 3 is 2.54 bits per heavy atom. The van der Waals surface area contributed by atoms with Gasteiger partial charge >= 0.3 is 5.97 Å². The normalized spacial score (nSPS) is 13.0. The lowest BCUT2D eigenvalue weighted by Gasteiger charge is -2.18. The van der Waals surface area contributed by atoms with Crippen LogP contribution >= 0.6 is 11.8 Å². The zero-order chi connectivity index (χ0) is 10.3. The van der Waals surface area contributed by atoms with Crippen LogP contribution in [0.15, 0.2) is 0 Å². The van der Waals surface area contributed by atoms with Crippen LogP contribution in [0.1, 0.15) is 20.8 Å². The van der Waals surface area contributed by atoms with Gasteiger partial charge in [-0.25, -0.2) is 0 Å². The van der Waals surface area contributed by atoms with Crippen LogP contribution in [0.3, 0.4) is 0 Å². The van der Waals surface area contributed by atoms with Crippen LogP contribution in [-0.2, 0) is 9.53 Å². The molecule has 0 aliphatic heterocycles. The van der Waals surface area contributed by atoms with E-state index in [4.69, 9.17) is 4.74 Å². The van der Waals surface area contributed by atoms with Gasteiger partial charge in [0, 0.05) is 11.8 Å². The van der Waals surface area contributed by atoms with Crippen molar-refractivity contribution in [3.05, 3.63) is 0 Å². The number of ether oxygens (including phenoxy) is 1. The Hall–Kier alpha value is -0.220. The minimum absolute atomic E-state index is 0.171. The van der Waals surface area contributed by atoms with Crippen LogP contribution in [-0.4, -0.2) is 36.7 Å². The van der Waals surface area contributed by atoms with E-state index in [-0.39, 0.29) is 12.0 Å². The molecule has 0 aromatic carbocycles. The highest BCUT2D eigenvalue weighted by Crippen LogP contribution is 2.04. The molecule has 0 spiro atoms. The largest absolute Gasteiger partial charge is 0.468 e. The molecule has 4 heteroatoms. The molecule has 0 saturated heterocycles. The van der Waals surface area contributed by atoms with Gasteiger partial charge in [-0.15, -0.1) is 0 Å². The summed E-state index contributed by atoms with van der Waals surface area (Å²) < 4.78 is 4.70. The van der Waals surface area contributed by atoms with Gasteiger partial charge < -0.3 is 10.1 Å². The average Bonchev–Trinajstić information content (AvgIpc) is 2.10. The summed E-state index contributed by atoms with van der Waals surface area (Å²) in [5.74, 6) is 1.63. The van der Waals surface area contributed by atoms with Crippen molar-refractivity contribution in [2.75, 3.05) is 18.6 Å². The molecule has 0 radical (unpaired) electrons.